The number of alkyl halides is 1. The van der Waals surface area contributed by atoms with Crippen molar-refractivity contribution in [3.8, 4) is 0 Å². The van der Waals surface area contributed by atoms with Gasteiger partial charge in [0.05, 0.1) is 11.5 Å². The van der Waals surface area contributed by atoms with Gasteiger partial charge in [-0.3, -0.25) is 0 Å². The van der Waals surface area contributed by atoms with Gasteiger partial charge in [-0.2, -0.15) is 0 Å². The highest BCUT2D eigenvalue weighted by molar-refractivity contribution is 6.22. The number of halogens is 1. The molecule has 0 saturated heterocycles. The quantitative estimate of drug-likeness (QED) is 0.372. The Labute approximate surface area is 80.4 Å². The molecule has 0 aliphatic carbocycles. The van der Waals surface area contributed by atoms with Crippen LogP contribution in [0.25, 0.3) is 0 Å². The first-order chi connectivity index (χ1) is 5.72. The van der Waals surface area contributed by atoms with Crippen LogP contribution in [0.5, 0.6) is 0 Å². The predicted octanol–water partition coefficient (Wildman–Crippen LogP) is 3.11. The first kappa shape index (κ1) is 12.0. The average molecular weight is 191 g/mol. The molecule has 0 aromatic heterocycles. The largest absolute Gasteiger partial charge is 0.391 e. The molecular weight excluding hydrogens is 172 g/mol. The minimum absolute atomic E-state index is 0.286. The second kappa shape index (κ2) is 7.63. The lowest BCUT2D eigenvalue weighted by Gasteiger charge is -2.12. The highest BCUT2D eigenvalue weighted by Crippen LogP contribution is 2.12. The van der Waals surface area contributed by atoms with Gasteiger partial charge in [-0.05, 0) is 6.42 Å². The van der Waals surface area contributed by atoms with Gasteiger partial charge < -0.3 is 5.11 Å². The third-order valence-electron chi connectivity index (χ3n) is 1.95. The zero-order valence-corrected chi connectivity index (χ0v) is 8.56. The zero-order valence-electron chi connectivity index (χ0n) is 7.80. The normalized spacial score (nSPS) is 15.6. The van der Waals surface area contributed by atoms with Crippen LogP contribution in [-0.4, -0.2) is 16.6 Å². The van der Waals surface area contributed by atoms with Gasteiger partial charge in [-0.25, -0.2) is 0 Å². The van der Waals surface area contributed by atoms with Crippen molar-refractivity contribution < 1.29 is 5.11 Å². The molecule has 0 bridgehead atoms. The molecule has 0 saturated carbocycles. The Morgan fingerprint density at radius 1 is 1.42 bits per heavy atom. The van der Waals surface area contributed by atoms with Crippen LogP contribution in [0.3, 0.4) is 0 Å². The Morgan fingerprint density at radius 3 is 2.58 bits per heavy atom. The molecule has 0 aromatic rings. The molecule has 0 rings (SSSR count). The lowest BCUT2D eigenvalue weighted by Crippen LogP contribution is -2.18. The fraction of sp³-hybridized carbons (Fsp3) is 0.800. The fourth-order valence-electron chi connectivity index (χ4n) is 1.10. The maximum Gasteiger partial charge on any atom is 0.0772 e. The van der Waals surface area contributed by atoms with Crippen molar-refractivity contribution in [1.82, 2.24) is 0 Å². The van der Waals surface area contributed by atoms with E-state index in [-0.39, 0.29) is 5.38 Å². The van der Waals surface area contributed by atoms with Crippen molar-refractivity contribution in [3.05, 3.63) is 12.7 Å². The Hall–Kier alpha value is -0.0100. The SMILES string of the molecule is C=C[C@H](Cl)[C@@H](O)CCCCCC. The summed E-state index contributed by atoms with van der Waals surface area (Å²) in [6.07, 6.45) is 6.68. The van der Waals surface area contributed by atoms with Crippen LogP contribution in [-0.2, 0) is 0 Å². The molecule has 0 unspecified atom stereocenters. The van der Waals surface area contributed by atoms with E-state index in [4.69, 9.17) is 11.6 Å². The molecule has 0 aliphatic heterocycles. The molecule has 0 fully saturated rings. The number of hydrogen-bond donors (Lipinski definition) is 1. The van der Waals surface area contributed by atoms with Crippen LogP contribution < -0.4 is 0 Å². The monoisotopic (exact) mass is 190 g/mol. The van der Waals surface area contributed by atoms with Crippen LogP contribution in [0.1, 0.15) is 39.0 Å². The minimum atomic E-state index is -0.416. The first-order valence-corrected chi connectivity index (χ1v) is 5.10. The van der Waals surface area contributed by atoms with E-state index in [9.17, 15) is 5.11 Å². The van der Waals surface area contributed by atoms with E-state index in [0.29, 0.717) is 0 Å². The van der Waals surface area contributed by atoms with Gasteiger partial charge in [0, 0.05) is 0 Å². The molecular formula is C10H19ClO. The number of aliphatic hydroxyl groups excluding tert-OH is 1. The lowest BCUT2D eigenvalue weighted by molar-refractivity contribution is 0.167. The summed E-state index contributed by atoms with van der Waals surface area (Å²) >= 11 is 5.76. The average Bonchev–Trinajstić information content (AvgIpc) is 2.10. The Bertz CT molecular complexity index is 114. The predicted molar refractivity (Wildman–Crippen MR) is 54.6 cm³/mol. The number of unbranched alkanes of at least 4 members (excludes halogenated alkanes) is 3. The molecule has 0 spiro atoms. The fourth-order valence-corrected chi connectivity index (χ4v) is 1.22. The van der Waals surface area contributed by atoms with Gasteiger partial charge in [0.2, 0.25) is 0 Å². The molecule has 0 heterocycles. The maximum absolute atomic E-state index is 9.41. The van der Waals surface area contributed by atoms with E-state index in [1.54, 1.807) is 6.08 Å². The van der Waals surface area contributed by atoms with Crippen LogP contribution in [0, 0.1) is 0 Å². The summed E-state index contributed by atoms with van der Waals surface area (Å²) in [6.45, 7) is 5.71. The van der Waals surface area contributed by atoms with E-state index < -0.39 is 6.10 Å². The smallest absolute Gasteiger partial charge is 0.0772 e. The lowest BCUT2D eigenvalue weighted by atomic mass is 10.1. The van der Waals surface area contributed by atoms with Crippen molar-refractivity contribution in [2.75, 3.05) is 0 Å². The van der Waals surface area contributed by atoms with Crippen molar-refractivity contribution in [2.45, 2.75) is 50.5 Å². The summed E-state index contributed by atoms with van der Waals surface area (Å²) < 4.78 is 0. The van der Waals surface area contributed by atoms with Gasteiger partial charge in [-0.15, -0.1) is 18.2 Å². The topological polar surface area (TPSA) is 20.2 Å². The highest BCUT2D eigenvalue weighted by atomic mass is 35.5. The number of aliphatic hydroxyl groups is 1. The summed E-state index contributed by atoms with van der Waals surface area (Å²) in [7, 11) is 0. The van der Waals surface area contributed by atoms with Gasteiger partial charge in [-0.1, -0.05) is 38.7 Å². The van der Waals surface area contributed by atoms with E-state index in [2.05, 4.69) is 13.5 Å². The summed E-state index contributed by atoms with van der Waals surface area (Å²) in [5.74, 6) is 0. The second-order valence-electron chi connectivity index (χ2n) is 3.10. The van der Waals surface area contributed by atoms with E-state index >= 15 is 0 Å². The van der Waals surface area contributed by atoms with Crippen molar-refractivity contribution in [1.29, 1.82) is 0 Å². The standard InChI is InChI=1S/C10H19ClO/c1-3-5-6-7-8-10(12)9(11)4-2/h4,9-10,12H,2-3,5-8H2,1H3/t9-,10-/m0/s1. The summed E-state index contributed by atoms with van der Waals surface area (Å²) in [5, 5.41) is 9.13. The van der Waals surface area contributed by atoms with Crippen LogP contribution in [0.4, 0.5) is 0 Å². The molecule has 0 radical (unpaired) electrons. The van der Waals surface area contributed by atoms with E-state index in [1.165, 1.54) is 19.3 Å². The van der Waals surface area contributed by atoms with Gasteiger partial charge in [0.15, 0.2) is 0 Å². The van der Waals surface area contributed by atoms with E-state index in [0.717, 1.165) is 12.8 Å². The van der Waals surface area contributed by atoms with Crippen LogP contribution >= 0.6 is 11.6 Å². The summed E-state index contributed by atoms with van der Waals surface area (Å²) in [6, 6.07) is 0. The van der Waals surface area contributed by atoms with Gasteiger partial charge in [0.1, 0.15) is 0 Å². The second-order valence-corrected chi connectivity index (χ2v) is 3.60. The van der Waals surface area contributed by atoms with Crippen molar-refractivity contribution in [2.24, 2.45) is 0 Å². The third-order valence-corrected chi connectivity index (χ3v) is 2.42. The molecule has 12 heavy (non-hydrogen) atoms. The molecule has 2 heteroatoms. The molecule has 1 nitrogen and oxygen atoms in total. The Kier molecular flexibility index (Phi) is 7.62. The molecule has 0 aliphatic rings. The van der Waals surface area contributed by atoms with Gasteiger partial charge >= 0.3 is 0 Å². The number of rotatable bonds is 7. The highest BCUT2D eigenvalue weighted by Gasteiger charge is 2.11. The summed E-state index contributed by atoms with van der Waals surface area (Å²) in [5.41, 5.74) is 0. The van der Waals surface area contributed by atoms with Crippen LogP contribution in [0.15, 0.2) is 12.7 Å². The first-order valence-electron chi connectivity index (χ1n) is 4.67. The number of hydrogen-bond acceptors (Lipinski definition) is 1. The molecule has 0 aromatic carbocycles. The van der Waals surface area contributed by atoms with Crippen molar-refractivity contribution in [3.63, 3.8) is 0 Å². The minimum Gasteiger partial charge on any atom is -0.391 e. The molecule has 0 amide bonds. The van der Waals surface area contributed by atoms with Crippen LogP contribution in [0.2, 0.25) is 0 Å². The molecule has 1 N–H and O–H groups in total. The Morgan fingerprint density at radius 2 is 2.08 bits per heavy atom. The summed E-state index contributed by atoms with van der Waals surface area (Å²) in [4.78, 5) is 0. The van der Waals surface area contributed by atoms with E-state index in [1.807, 2.05) is 0 Å². The maximum atomic E-state index is 9.41. The van der Waals surface area contributed by atoms with Crippen molar-refractivity contribution >= 4 is 11.6 Å². The van der Waals surface area contributed by atoms with Gasteiger partial charge in [0.25, 0.3) is 0 Å². The zero-order chi connectivity index (χ0) is 9.40. The Balaban J connectivity index is 3.30. The molecule has 72 valence electrons. The molecule has 2 atom stereocenters. The third kappa shape index (κ3) is 5.62.